The van der Waals surface area contributed by atoms with E-state index < -0.39 is 0 Å². The van der Waals surface area contributed by atoms with Crippen LogP contribution in [0.5, 0.6) is 5.75 Å². The van der Waals surface area contributed by atoms with E-state index in [0.29, 0.717) is 41.1 Å². The topological polar surface area (TPSA) is 107 Å². The maximum Gasteiger partial charge on any atom is 0.243 e. The molecule has 166 valence electrons. The molecule has 0 atom stereocenters. The summed E-state index contributed by atoms with van der Waals surface area (Å²) in [7, 11) is 1.84. The number of hydrogen-bond acceptors (Lipinski definition) is 8. The van der Waals surface area contributed by atoms with Crippen molar-refractivity contribution in [3.05, 3.63) is 47.3 Å². The average molecular weight is 453 g/mol. The molecule has 0 aliphatic carbocycles. The van der Waals surface area contributed by atoms with Gasteiger partial charge in [-0.3, -0.25) is 9.67 Å². The van der Waals surface area contributed by atoms with Crippen LogP contribution in [0.15, 0.2) is 35.8 Å². The summed E-state index contributed by atoms with van der Waals surface area (Å²) in [4.78, 5) is 20.6. The molecule has 1 fully saturated rings. The second-order valence-corrected chi connectivity index (χ2v) is 9.00. The SMILES string of the molecule is Cn1cc(-c2nccc(OC3=NCc4nc(N5CCC(C)(CN)CC5)cnc43)c2Cl)cn1. The molecule has 10 heteroatoms. The Morgan fingerprint density at radius 3 is 2.72 bits per heavy atom. The fourth-order valence-corrected chi connectivity index (χ4v) is 4.25. The molecule has 2 aliphatic rings. The highest BCUT2D eigenvalue weighted by molar-refractivity contribution is 6.34. The lowest BCUT2D eigenvalue weighted by Gasteiger charge is -2.39. The number of anilines is 1. The van der Waals surface area contributed by atoms with Crippen LogP contribution in [0, 0.1) is 5.41 Å². The standard InChI is InChI=1S/C22H25ClN8O/c1-22(13-24)4-7-31(8-5-22)17-11-26-20-15(29-17)10-27-21(20)32-16-3-6-25-19(18(16)23)14-9-28-30(2)12-14/h3,6,9,11-12H,4-5,7-8,10,13,24H2,1-2H3. The molecule has 1 saturated heterocycles. The number of aryl methyl sites for hydroxylation is 1. The van der Waals surface area contributed by atoms with Crippen LogP contribution in [0.4, 0.5) is 5.82 Å². The second kappa shape index (κ2) is 8.14. The molecule has 32 heavy (non-hydrogen) atoms. The van der Waals surface area contributed by atoms with E-state index in [-0.39, 0.29) is 5.41 Å². The highest BCUT2D eigenvalue weighted by Crippen LogP contribution is 2.35. The van der Waals surface area contributed by atoms with E-state index in [1.54, 1.807) is 29.3 Å². The number of hydrogen-bond donors (Lipinski definition) is 1. The Morgan fingerprint density at radius 2 is 2.00 bits per heavy atom. The van der Waals surface area contributed by atoms with Gasteiger partial charge in [-0.15, -0.1) is 0 Å². The van der Waals surface area contributed by atoms with Crippen molar-refractivity contribution in [1.82, 2.24) is 24.7 Å². The predicted molar refractivity (Wildman–Crippen MR) is 123 cm³/mol. The Labute approximate surface area is 191 Å². The van der Waals surface area contributed by atoms with Crippen molar-refractivity contribution in [3.63, 3.8) is 0 Å². The van der Waals surface area contributed by atoms with Gasteiger partial charge in [-0.2, -0.15) is 5.10 Å². The number of aromatic nitrogens is 5. The highest BCUT2D eigenvalue weighted by atomic mass is 35.5. The first-order valence-corrected chi connectivity index (χ1v) is 11.0. The summed E-state index contributed by atoms with van der Waals surface area (Å²) in [6.07, 6.45) is 9.11. The molecule has 0 bridgehead atoms. The zero-order valence-electron chi connectivity index (χ0n) is 18.1. The number of piperidine rings is 1. The zero-order chi connectivity index (χ0) is 22.3. The van der Waals surface area contributed by atoms with E-state index in [2.05, 4.69) is 31.9 Å². The van der Waals surface area contributed by atoms with E-state index in [9.17, 15) is 0 Å². The third-order valence-corrected chi connectivity index (χ3v) is 6.60. The third-order valence-electron chi connectivity index (χ3n) is 6.23. The maximum absolute atomic E-state index is 6.59. The lowest BCUT2D eigenvalue weighted by atomic mass is 9.80. The molecule has 5 heterocycles. The number of fused-ring (bicyclic) bond motifs is 1. The Bertz CT molecular complexity index is 1180. The van der Waals surface area contributed by atoms with Crippen LogP contribution >= 0.6 is 11.6 Å². The van der Waals surface area contributed by atoms with Gasteiger partial charge in [0.1, 0.15) is 16.5 Å². The normalized spacial score (nSPS) is 17.2. The summed E-state index contributed by atoms with van der Waals surface area (Å²) >= 11 is 6.59. The summed E-state index contributed by atoms with van der Waals surface area (Å²) in [5.74, 6) is 1.76. The Kier molecular flexibility index (Phi) is 5.30. The highest BCUT2D eigenvalue weighted by Gasteiger charge is 2.30. The fourth-order valence-electron chi connectivity index (χ4n) is 3.99. The molecule has 0 radical (unpaired) electrons. The summed E-state index contributed by atoms with van der Waals surface area (Å²) in [5, 5.41) is 4.58. The molecule has 0 aromatic carbocycles. The van der Waals surface area contributed by atoms with Crippen LogP contribution in [0.1, 0.15) is 31.2 Å². The second-order valence-electron chi connectivity index (χ2n) is 8.62. The summed E-state index contributed by atoms with van der Waals surface area (Å²) in [6.45, 7) is 5.24. The van der Waals surface area contributed by atoms with Gasteiger partial charge in [-0.25, -0.2) is 15.0 Å². The number of ether oxygens (including phenoxy) is 1. The molecular weight excluding hydrogens is 428 g/mol. The van der Waals surface area contributed by atoms with E-state index in [4.69, 9.17) is 27.1 Å². The molecule has 0 saturated carbocycles. The number of aliphatic imine (C=N–C) groups is 1. The van der Waals surface area contributed by atoms with Crippen LogP contribution in [-0.2, 0) is 13.6 Å². The van der Waals surface area contributed by atoms with Gasteiger partial charge in [-0.05, 0) is 24.8 Å². The van der Waals surface area contributed by atoms with Crippen LogP contribution < -0.4 is 15.4 Å². The first-order valence-electron chi connectivity index (χ1n) is 10.6. The molecule has 5 rings (SSSR count). The first kappa shape index (κ1) is 20.8. The molecule has 2 aliphatic heterocycles. The van der Waals surface area contributed by atoms with Gasteiger partial charge in [0.2, 0.25) is 5.90 Å². The quantitative estimate of drug-likeness (QED) is 0.648. The van der Waals surface area contributed by atoms with Crippen molar-refractivity contribution >= 4 is 23.3 Å². The van der Waals surface area contributed by atoms with Gasteiger partial charge < -0.3 is 15.4 Å². The Hall–Kier alpha value is -3.04. The van der Waals surface area contributed by atoms with Crippen LogP contribution in [0.2, 0.25) is 5.02 Å². The van der Waals surface area contributed by atoms with Gasteiger partial charge in [0.05, 0.1) is 30.3 Å². The number of halogens is 1. The van der Waals surface area contributed by atoms with E-state index in [0.717, 1.165) is 43.0 Å². The molecule has 3 aromatic rings. The van der Waals surface area contributed by atoms with E-state index in [1.165, 1.54) is 0 Å². The minimum atomic E-state index is 0.212. The van der Waals surface area contributed by atoms with Gasteiger partial charge in [0.25, 0.3) is 0 Å². The summed E-state index contributed by atoms with van der Waals surface area (Å²) in [5.41, 5.74) is 9.02. The number of nitrogens with two attached hydrogens (primary N) is 1. The minimum absolute atomic E-state index is 0.212. The van der Waals surface area contributed by atoms with Gasteiger partial charge in [0, 0.05) is 44.2 Å². The first-order chi connectivity index (χ1) is 15.5. The number of rotatable bonds is 4. The van der Waals surface area contributed by atoms with Crippen molar-refractivity contribution in [1.29, 1.82) is 0 Å². The smallest absolute Gasteiger partial charge is 0.243 e. The fraction of sp³-hybridized carbons (Fsp3) is 0.409. The van der Waals surface area contributed by atoms with Crippen molar-refractivity contribution in [2.75, 3.05) is 24.5 Å². The van der Waals surface area contributed by atoms with E-state index in [1.807, 2.05) is 13.2 Å². The molecule has 2 N–H and O–H groups in total. The van der Waals surface area contributed by atoms with Crippen LogP contribution in [0.25, 0.3) is 11.3 Å². The Morgan fingerprint density at radius 1 is 1.19 bits per heavy atom. The summed E-state index contributed by atoms with van der Waals surface area (Å²) in [6, 6.07) is 1.71. The number of nitrogens with zero attached hydrogens (tertiary/aromatic N) is 7. The number of pyridine rings is 1. The molecule has 3 aromatic heterocycles. The molecule has 0 amide bonds. The largest absolute Gasteiger partial charge is 0.435 e. The third kappa shape index (κ3) is 3.82. The monoisotopic (exact) mass is 452 g/mol. The maximum atomic E-state index is 6.59. The van der Waals surface area contributed by atoms with E-state index >= 15 is 0 Å². The Balaban J connectivity index is 1.34. The van der Waals surface area contributed by atoms with Gasteiger partial charge >= 0.3 is 0 Å². The lowest BCUT2D eigenvalue weighted by Crippen LogP contribution is -2.42. The molecule has 9 nitrogen and oxygen atoms in total. The van der Waals surface area contributed by atoms with Gasteiger partial charge in [0.15, 0.2) is 5.75 Å². The van der Waals surface area contributed by atoms with Crippen molar-refractivity contribution in [3.8, 4) is 17.0 Å². The minimum Gasteiger partial charge on any atom is -0.435 e. The molecule has 0 spiro atoms. The lowest BCUT2D eigenvalue weighted by molar-refractivity contribution is 0.258. The van der Waals surface area contributed by atoms with Crippen LogP contribution in [-0.4, -0.2) is 50.3 Å². The molecule has 0 unspecified atom stereocenters. The summed E-state index contributed by atoms with van der Waals surface area (Å²) < 4.78 is 7.75. The van der Waals surface area contributed by atoms with Crippen molar-refractivity contribution < 1.29 is 4.74 Å². The van der Waals surface area contributed by atoms with Crippen molar-refractivity contribution in [2.45, 2.75) is 26.3 Å². The zero-order valence-corrected chi connectivity index (χ0v) is 18.9. The van der Waals surface area contributed by atoms with Crippen LogP contribution in [0.3, 0.4) is 0 Å². The predicted octanol–water partition coefficient (Wildman–Crippen LogP) is 2.83. The van der Waals surface area contributed by atoms with Gasteiger partial charge in [-0.1, -0.05) is 18.5 Å². The van der Waals surface area contributed by atoms with Crippen molar-refractivity contribution in [2.24, 2.45) is 23.2 Å². The molecular formula is C22H25ClN8O. The average Bonchev–Trinajstić information content (AvgIpc) is 3.41.